The minimum absolute atomic E-state index is 0.0276. The van der Waals surface area contributed by atoms with Gasteiger partial charge in [-0.25, -0.2) is 0 Å². The lowest BCUT2D eigenvalue weighted by atomic mass is 10.1. The molecule has 158 valence electrons. The van der Waals surface area contributed by atoms with Gasteiger partial charge in [-0.1, -0.05) is 13.0 Å². The Kier molecular flexibility index (Phi) is 5.76. The second kappa shape index (κ2) is 8.62. The Hall–Kier alpha value is -3.26. The molecule has 0 aromatic heterocycles. The van der Waals surface area contributed by atoms with Crippen molar-refractivity contribution in [2.24, 2.45) is 0 Å². The normalized spacial score (nSPS) is 17.2. The average Bonchev–Trinajstić information content (AvgIpc) is 3.15. The van der Waals surface area contributed by atoms with Gasteiger partial charge in [-0.3, -0.25) is 9.59 Å². The highest BCUT2D eigenvalue weighted by molar-refractivity contribution is 5.92. The summed E-state index contributed by atoms with van der Waals surface area (Å²) in [4.78, 5) is 26.7. The Labute approximate surface area is 174 Å². The van der Waals surface area contributed by atoms with Crippen molar-refractivity contribution in [3.63, 3.8) is 0 Å². The van der Waals surface area contributed by atoms with Crippen molar-refractivity contribution in [2.75, 3.05) is 25.8 Å². The highest BCUT2D eigenvalue weighted by atomic mass is 16.7. The number of rotatable bonds is 6. The van der Waals surface area contributed by atoms with E-state index in [-0.39, 0.29) is 25.2 Å². The van der Waals surface area contributed by atoms with Gasteiger partial charge in [-0.2, -0.15) is 0 Å². The van der Waals surface area contributed by atoms with Gasteiger partial charge in [0.2, 0.25) is 12.7 Å². The molecule has 0 bridgehead atoms. The maximum Gasteiger partial charge on any atom is 0.264 e. The first-order valence-corrected chi connectivity index (χ1v) is 9.83. The summed E-state index contributed by atoms with van der Waals surface area (Å²) >= 11 is 0. The number of methoxy groups -OCH3 is 1. The Morgan fingerprint density at radius 3 is 2.77 bits per heavy atom. The van der Waals surface area contributed by atoms with Gasteiger partial charge in [-0.15, -0.1) is 0 Å². The third kappa shape index (κ3) is 4.18. The lowest BCUT2D eigenvalue weighted by molar-refractivity contribution is -0.139. The number of anilines is 1. The zero-order valence-corrected chi connectivity index (χ0v) is 17.0. The maximum absolute atomic E-state index is 13.1. The van der Waals surface area contributed by atoms with Crippen molar-refractivity contribution in [3.05, 3.63) is 47.5 Å². The van der Waals surface area contributed by atoms with Crippen molar-refractivity contribution in [1.82, 2.24) is 4.90 Å². The molecule has 4 rings (SSSR count). The molecule has 2 aliphatic heterocycles. The Balaban J connectivity index is 1.58. The SMILES string of the molecule is CCC1Oc2ccc(NC(=O)COC)cc2CN(Cc2ccc3c(c2)OCO3)C1=O. The molecule has 0 aliphatic carbocycles. The van der Waals surface area contributed by atoms with Gasteiger partial charge < -0.3 is 29.2 Å². The third-order valence-corrected chi connectivity index (χ3v) is 5.02. The van der Waals surface area contributed by atoms with Crippen LogP contribution in [-0.2, 0) is 27.4 Å². The number of fused-ring (bicyclic) bond motifs is 2. The van der Waals surface area contributed by atoms with E-state index < -0.39 is 6.10 Å². The summed E-state index contributed by atoms with van der Waals surface area (Å²) < 4.78 is 21.7. The number of amides is 2. The average molecular weight is 412 g/mol. The number of nitrogens with zero attached hydrogens (tertiary/aromatic N) is 1. The fourth-order valence-electron chi connectivity index (χ4n) is 3.57. The molecule has 2 amide bonds. The molecule has 0 saturated heterocycles. The number of benzene rings is 2. The summed E-state index contributed by atoms with van der Waals surface area (Å²) in [5.41, 5.74) is 2.40. The van der Waals surface area contributed by atoms with Crippen LogP contribution in [0.4, 0.5) is 5.69 Å². The van der Waals surface area contributed by atoms with Crippen LogP contribution in [0.15, 0.2) is 36.4 Å². The van der Waals surface area contributed by atoms with Gasteiger partial charge in [0.05, 0.1) is 0 Å². The molecule has 2 heterocycles. The molecule has 1 atom stereocenters. The highest BCUT2D eigenvalue weighted by Crippen LogP contribution is 2.34. The minimum atomic E-state index is -0.561. The van der Waals surface area contributed by atoms with Crippen LogP contribution in [0.5, 0.6) is 17.2 Å². The highest BCUT2D eigenvalue weighted by Gasteiger charge is 2.30. The molecule has 1 N–H and O–H groups in total. The lowest BCUT2D eigenvalue weighted by Gasteiger charge is -2.23. The zero-order valence-electron chi connectivity index (χ0n) is 17.0. The first-order valence-electron chi connectivity index (χ1n) is 9.83. The minimum Gasteiger partial charge on any atom is -0.480 e. The van der Waals surface area contributed by atoms with Crippen LogP contribution < -0.4 is 19.5 Å². The van der Waals surface area contributed by atoms with Gasteiger partial charge in [-0.05, 0) is 42.3 Å². The molecule has 30 heavy (non-hydrogen) atoms. The van der Waals surface area contributed by atoms with E-state index in [4.69, 9.17) is 18.9 Å². The molecule has 8 heteroatoms. The second-order valence-electron chi connectivity index (χ2n) is 7.20. The molecule has 8 nitrogen and oxygen atoms in total. The largest absolute Gasteiger partial charge is 0.480 e. The van der Waals surface area contributed by atoms with E-state index in [0.717, 1.165) is 11.1 Å². The number of hydrogen-bond acceptors (Lipinski definition) is 6. The topological polar surface area (TPSA) is 86.3 Å². The van der Waals surface area contributed by atoms with E-state index in [1.807, 2.05) is 31.2 Å². The van der Waals surface area contributed by atoms with Gasteiger partial charge >= 0.3 is 0 Å². The molecule has 1 unspecified atom stereocenters. The maximum atomic E-state index is 13.1. The van der Waals surface area contributed by atoms with Crippen molar-refractivity contribution in [2.45, 2.75) is 32.5 Å². The second-order valence-corrected chi connectivity index (χ2v) is 7.20. The molecule has 2 aromatic carbocycles. The van der Waals surface area contributed by atoms with E-state index in [1.165, 1.54) is 7.11 Å². The summed E-state index contributed by atoms with van der Waals surface area (Å²) in [6, 6.07) is 11.1. The number of nitrogens with one attached hydrogen (secondary N) is 1. The zero-order chi connectivity index (χ0) is 21.1. The number of hydrogen-bond donors (Lipinski definition) is 1. The molecule has 0 spiro atoms. The van der Waals surface area contributed by atoms with Gasteiger partial charge in [0.15, 0.2) is 17.6 Å². The van der Waals surface area contributed by atoms with Crippen LogP contribution in [-0.4, -0.2) is 43.3 Å². The standard InChI is InChI=1S/C22H24N2O6/c1-3-17-22(26)24(10-14-4-6-19-20(8-14)29-13-28-19)11-15-9-16(5-7-18(15)30-17)23-21(25)12-27-2/h4-9,17H,3,10-13H2,1-2H3,(H,23,25). The summed E-state index contributed by atoms with van der Waals surface area (Å²) in [5.74, 6) is 1.72. The summed E-state index contributed by atoms with van der Waals surface area (Å²) in [6.45, 7) is 2.88. The molecule has 0 fully saturated rings. The smallest absolute Gasteiger partial charge is 0.264 e. The van der Waals surface area contributed by atoms with Gasteiger partial charge in [0.1, 0.15) is 12.4 Å². The summed E-state index contributed by atoms with van der Waals surface area (Å²) in [7, 11) is 1.47. The van der Waals surface area contributed by atoms with E-state index >= 15 is 0 Å². The Bertz CT molecular complexity index is 961. The number of ether oxygens (including phenoxy) is 4. The van der Waals surface area contributed by atoms with Crippen LogP contribution in [0.3, 0.4) is 0 Å². The van der Waals surface area contributed by atoms with E-state index in [9.17, 15) is 9.59 Å². The third-order valence-electron chi connectivity index (χ3n) is 5.02. The predicted octanol–water partition coefficient (Wildman–Crippen LogP) is 2.70. The van der Waals surface area contributed by atoms with Crippen LogP contribution >= 0.6 is 0 Å². The summed E-state index contributed by atoms with van der Waals surface area (Å²) in [6.07, 6.45) is -0.00316. The van der Waals surface area contributed by atoms with Crippen molar-refractivity contribution < 1.29 is 28.5 Å². The fourth-order valence-corrected chi connectivity index (χ4v) is 3.57. The number of carbonyl (C=O) groups excluding carboxylic acids is 2. The van der Waals surface area contributed by atoms with E-state index in [1.54, 1.807) is 17.0 Å². The molecular weight excluding hydrogens is 388 g/mol. The number of carbonyl (C=O) groups is 2. The predicted molar refractivity (Wildman–Crippen MR) is 108 cm³/mol. The van der Waals surface area contributed by atoms with Gasteiger partial charge in [0, 0.05) is 31.5 Å². The van der Waals surface area contributed by atoms with E-state index in [0.29, 0.717) is 42.4 Å². The summed E-state index contributed by atoms with van der Waals surface area (Å²) in [5, 5.41) is 2.79. The van der Waals surface area contributed by atoms with Crippen LogP contribution in [0.1, 0.15) is 24.5 Å². The van der Waals surface area contributed by atoms with Crippen LogP contribution in [0.25, 0.3) is 0 Å². The first-order chi connectivity index (χ1) is 14.6. The molecule has 0 saturated carbocycles. The first kappa shape index (κ1) is 20.0. The molecule has 2 aromatic rings. The molecule has 2 aliphatic rings. The Morgan fingerprint density at radius 2 is 1.97 bits per heavy atom. The molecular formula is C22H24N2O6. The van der Waals surface area contributed by atoms with Crippen molar-refractivity contribution in [3.8, 4) is 17.2 Å². The van der Waals surface area contributed by atoms with Gasteiger partial charge in [0.25, 0.3) is 5.91 Å². The van der Waals surface area contributed by atoms with Crippen LogP contribution in [0, 0.1) is 0 Å². The fraction of sp³-hybridized carbons (Fsp3) is 0.364. The lowest BCUT2D eigenvalue weighted by Crippen LogP contribution is -2.38. The quantitative estimate of drug-likeness (QED) is 0.785. The van der Waals surface area contributed by atoms with Crippen LogP contribution in [0.2, 0.25) is 0 Å². The monoisotopic (exact) mass is 412 g/mol. The Morgan fingerprint density at radius 1 is 1.17 bits per heavy atom. The van der Waals surface area contributed by atoms with Crippen molar-refractivity contribution >= 4 is 17.5 Å². The van der Waals surface area contributed by atoms with Crippen molar-refractivity contribution in [1.29, 1.82) is 0 Å². The molecule has 0 radical (unpaired) electrons. The van der Waals surface area contributed by atoms with E-state index in [2.05, 4.69) is 5.32 Å².